The molecule has 11 heteroatoms. The van der Waals surface area contributed by atoms with Crippen molar-refractivity contribution in [1.29, 1.82) is 0 Å². The summed E-state index contributed by atoms with van der Waals surface area (Å²) in [6, 6.07) is 5.18. The molecule has 0 bridgehead atoms. The Hall–Kier alpha value is -2.30. The van der Waals surface area contributed by atoms with E-state index in [-0.39, 0.29) is 17.4 Å². The number of rotatable bonds is 5. The van der Waals surface area contributed by atoms with Gasteiger partial charge < -0.3 is 9.64 Å². The normalized spacial score (nSPS) is 17.8. The molecule has 2 aromatic rings. The topological polar surface area (TPSA) is 73.1 Å². The molecule has 7 nitrogen and oxygen atoms in total. The number of hydrogen-bond donors (Lipinski definition) is 0. The van der Waals surface area contributed by atoms with Crippen LogP contribution in [0.25, 0.3) is 5.69 Å². The van der Waals surface area contributed by atoms with Crippen molar-refractivity contribution in [3.05, 3.63) is 24.3 Å². The number of carbonyl (C=O) groups is 1. The third-order valence-electron chi connectivity index (χ3n) is 4.09. The van der Waals surface area contributed by atoms with Gasteiger partial charge in [-0.2, -0.15) is 4.68 Å². The number of amides is 1. The lowest BCUT2D eigenvalue weighted by atomic mass is 10.0. The van der Waals surface area contributed by atoms with Crippen molar-refractivity contribution in [2.24, 2.45) is 5.92 Å². The summed E-state index contributed by atoms with van der Waals surface area (Å²) in [6.07, 6.45) is -2.62. The molecule has 27 heavy (non-hydrogen) atoms. The van der Waals surface area contributed by atoms with E-state index in [1.807, 2.05) is 4.90 Å². The molecule has 0 spiro atoms. The highest BCUT2D eigenvalue weighted by Gasteiger charge is 2.31. The number of likely N-dealkylation sites (tertiary alicyclic amines) is 1. The first-order chi connectivity index (χ1) is 12.8. The molecular formula is C16H18F3N5O2S. The first kappa shape index (κ1) is 19.5. The summed E-state index contributed by atoms with van der Waals surface area (Å²) in [5.74, 6) is 0.385. The van der Waals surface area contributed by atoms with Crippen LogP contribution in [0.3, 0.4) is 0 Å². The third-order valence-corrected chi connectivity index (χ3v) is 4.99. The summed E-state index contributed by atoms with van der Waals surface area (Å²) in [4.78, 5) is 14.2. The Morgan fingerprint density at radius 1 is 1.33 bits per heavy atom. The number of aromatic nitrogens is 4. The van der Waals surface area contributed by atoms with Crippen LogP contribution in [0.2, 0.25) is 0 Å². The average Bonchev–Trinajstić information content (AvgIpc) is 3.07. The highest BCUT2D eigenvalue weighted by Crippen LogP contribution is 2.25. The van der Waals surface area contributed by atoms with Crippen LogP contribution in [0.1, 0.15) is 19.8 Å². The van der Waals surface area contributed by atoms with Gasteiger partial charge in [0.1, 0.15) is 5.75 Å². The van der Waals surface area contributed by atoms with E-state index in [2.05, 4.69) is 27.2 Å². The fourth-order valence-electron chi connectivity index (χ4n) is 2.85. The second-order valence-electron chi connectivity index (χ2n) is 6.29. The predicted octanol–water partition coefficient (Wildman–Crippen LogP) is 2.91. The Kier molecular flexibility index (Phi) is 5.88. The maximum atomic E-state index is 12.4. The van der Waals surface area contributed by atoms with Crippen LogP contribution in [0, 0.1) is 5.92 Å². The van der Waals surface area contributed by atoms with E-state index in [4.69, 9.17) is 0 Å². The molecule has 0 radical (unpaired) electrons. The lowest BCUT2D eigenvalue weighted by molar-refractivity contribution is -0.274. The molecule has 1 fully saturated rings. The second kappa shape index (κ2) is 8.15. The second-order valence-corrected chi connectivity index (χ2v) is 7.23. The summed E-state index contributed by atoms with van der Waals surface area (Å²) < 4.78 is 41.9. The smallest absolute Gasteiger partial charge is 0.406 e. The van der Waals surface area contributed by atoms with Crippen LogP contribution in [-0.2, 0) is 4.79 Å². The van der Waals surface area contributed by atoms with Gasteiger partial charge in [0.05, 0.1) is 11.4 Å². The number of nitrogens with zero attached hydrogens (tertiary/aromatic N) is 5. The van der Waals surface area contributed by atoms with Gasteiger partial charge in [0.15, 0.2) is 0 Å². The maximum Gasteiger partial charge on any atom is 0.573 e. The number of ether oxygens (including phenoxy) is 1. The first-order valence-corrected chi connectivity index (χ1v) is 9.35. The van der Waals surface area contributed by atoms with Gasteiger partial charge in [0.25, 0.3) is 0 Å². The van der Waals surface area contributed by atoms with Crippen LogP contribution in [0.15, 0.2) is 29.4 Å². The van der Waals surface area contributed by atoms with Gasteiger partial charge in [0, 0.05) is 13.1 Å². The van der Waals surface area contributed by atoms with Gasteiger partial charge in [-0.3, -0.25) is 4.79 Å². The summed E-state index contributed by atoms with van der Waals surface area (Å²) in [7, 11) is 0. The van der Waals surface area contributed by atoms with Crippen LogP contribution in [-0.4, -0.2) is 56.2 Å². The van der Waals surface area contributed by atoms with E-state index >= 15 is 0 Å². The average molecular weight is 401 g/mol. The van der Waals surface area contributed by atoms with E-state index < -0.39 is 6.36 Å². The van der Waals surface area contributed by atoms with Gasteiger partial charge in [-0.05, 0) is 53.5 Å². The molecule has 0 unspecified atom stereocenters. The van der Waals surface area contributed by atoms with Gasteiger partial charge in [-0.15, -0.1) is 18.3 Å². The fraction of sp³-hybridized carbons (Fsp3) is 0.500. The maximum absolute atomic E-state index is 12.4. The van der Waals surface area contributed by atoms with Gasteiger partial charge >= 0.3 is 6.36 Å². The van der Waals surface area contributed by atoms with Gasteiger partial charge in [0.2, 0.25) is 11.1 Å². The minimum atomic E-state index is -4.75. The zero-order chi connectivity index (χ0) is 19.4. The lowest BCUT2D eigenvalue weighted by Crippen LogP contribution is -2.40. The van der Waals surface area contributed by atoms with Crippen LogP contribution in [0.5, 0.6) is 5.75 Å². The van der Waals surface area contributed by atoms with E-state index in [9.17, 15) is 18.0 Å². The Bertz CT molecular complexity index is 781. The number of hydrogen-bond acceptors (Lipinski definition) is 6. The lowest BCUT2D eigenvalue weighted by Gasteiger charge is -2.30. The molecule has 1 aliphatic heterocycles. The number of thioether (sulfide) groups is 1. The quantitative estimate of drug-likeness (QED) is 0.718. The van der Waals surface area contributed by atoms with E-state index in [0.29, 0.717) is 16.8 Å². The largest absolute Gasteiger partial charge is 0.573 e. The Morgan fingerprint density at radius 2 is 2.07 bits per heavy atom. The number of tetrazole rings is 1. The summed E-state index contributed by atoms with van der Waals surface area (Å²) in [5.41, 5.74) is 0.469. The number of piperidine rings is 1. The summed E-state index contributed by atoms with van der Waals surface area (Å²) >= 11 is 1.19. The Morgan fingerprint density at radius 3 is 2.74 bits per heavy atom. The Balaban J connectivity index is 1.63. The molecule has 1 aliphatic rings. The van der Waals surface area contributed by atoms with Crippen LogP contribution < -0.4 is 4.74 Å². The van der Waals surface area contributed by atoms with E-state index in [1.165, 1.54) is 40.7 Å². The SMILES string of the molecule is C[C@H]1CCCN(C(=O)CSc2nnnn2-c2ccc(OC(F)(F)F)cc2)C1. The first-order valence-electron chi connectivity index (χ1n) is 8.37. The molecule has 146 valence electrons. The molecule has 1 amide bonds. The zero-order valence-electron chi connectivity index (χ0n) is 14.5. The van der Waals surface area contributed by atoms with Crippen molar-refractivity contribution >= 4 is 17.7 Å². The van der Waals surface area contributed by atoms with Crippen molar-refractivity contribution in [1.82, 2.24) is 25.1 Å². The molecule has 2 heterocycles. The monoisotopic (exact) mass is 401 g/mol. The molecular weight excluding hydrogens is 383 g/mol. The summed E-state index contributed by atoms with van der Waals surface area (Å²) in [5, 5.41) is 11.7. The van der Waals surface area contributed by atoms with Crippen molar-refractivity contribution < 1.29 is 22.7 Å². The standard InChI is InChI=1S/C16H18F3N5O2S/c1-11-3-2-8-23(9-11)14(25)10-27-15-20-21-22-24(15)12-4-6-13(7-5-12)26-16(17,18)19/h4-7,11H,2-3,8-10H2,1H3/t11-/m0/s1. The molecule has 3 rings (SSSR count). The third kappa shape index (κ3) is 5.34. The minimum Gasteiger partial charge on any atom is -0.406 e. The van der Waals surface area contributed by atoms with E-state index in [1.54, 1.807) is 0 Å². The molecule has 1 aromatic carbocycles. The van der Waals surface area contributed by atoms with Gasteiger partial charge in [-0.1, -0.05) is 18.7 Å². The molecule has 0 saturated carbocycles. The minimum absolute atomic E-state index is 0.0232. The zero-order valence-corrected chi connectivity index (χ0v) is 15.3. The molecule has 1 aromatic heterocycles. The molecule has 1 saturated heterocycles. The summed E-state index contributed by atoms with van der Waals surface area (Å²) in [6.45, 7) is 3.64. The molecule has 1 atom stereocenters. The van der Waals surface area contributed by atoms with Gasteiger partial charge in [-0.25, -0.2) is 0 Å². The molecule has 0 N–H and O–H groups in total. The van der Waals surface area contributed by atoms with Crippen LogP contribution in [0.4, 0.5) is 13.2 Å². The van der Waals surface area contributed by atoms with E-state index in [0.717, 1.165) is 25.9 Å². The van der Waals surface area contributed by atoms with Crippen molar-refractivity contribution in [2.45, 2.75) is 31.3 Å². The number of carbonyl (C=O) groups excluding carboxylic acids is 1. The fourth-order valence-corrected chi connectivity index (χ4v) is 3.65. The number of halogens is 3. The van der Waals surface area contributed by atoms with Crippen molar-refractivity contribution in [2.75, 3.05) is 18.8 Å². The highest BCUT2D eigenvalue weighted by atomic mass is 32.2. The predicted molar refractivity (Wildman–Crippen MR) is 91.5 cm³/mol. The number of benzene rings is 1. The Labute approximate surface area is 157 Å². The van der Waals surface area contributed by atoms with Crippen LogP contribution >= 0.6 is 11.8 Å². The highest BCUT2D eigenvalue weighted by molar-refractivity contribution is 7.99. The van der Waals surface area contributed by atoms with Crippen molar-refractivity contribution in [3.63, 3.8) is 0 Å². The number of alkyl halides is 3. The molecule has 0 aliphatic carbocycles. The van der Waals surface area contributed by atoms with Crippen molar-refractivity contribution in [3.8, 4) is 11.4 Å².